The first-order valence-electron chi connectivity index (χ1n) is 31.5. The average Bonchev–Trinajstić information content (AvgIpc) is 3.45. The van der Waals surface area contributed by atoms with Crippen LogP contribution in [-0.2, 0) is 4.74 Å². The lowest BCUT2D eigenvalue weighted by atomic mass is 9.67. The Morgan fingerprint density at radius 2 is 0.627 bits per heavy atom. The molecule has 2 unspecified atom stereocenters. The summed E-state index contributed by atoms with van der Waals surface area (Å²) in [6.07, 6.45) is 45.9. The number of benzene rings is 4. The van der Waals surface area contributed by atoms with Crippen LogP contribution in [0.1, 0.15) is 255 Å². The number of unbranched alkanes of at least 4 members (excludes halogenated alkanes) is 14. The van der Waals surface area contributed by atoms with Gasteiger partial charge in [0.2, 0.25) is 0 Å². The predicted octanol–water partition coefficient (Wildman–Crippen LogP) is 22.7. The van der Waals surface area contributed by atoms with E-state index in [1.807, 2.05) is 0 Å². The third-order valence-electron chi connectivity index (χ3n) is 19.8. The summed E-state index contributed by atoms with van der Waals surface area (Å²) < 4.78 is 64.8. The van der Waals surface area contributed by atoms with E-state index in [1.54, 1.807) is 12.1 Å². The molecule has 4 aromatic rings. The number of hydrogen-bond donors (Lipinski definition) is 0. The summed E-state index contributed by atoms with van der Waals surface area (Å²) in [6, 6.07) is 25.4. The SMILES string of the molecule is CCCCCCCCCC[C@H]1CC[C@H]([C@H]2CC[C@H](C(OC(c3ccc(-c4ccc(F)c(F)c4)cc3)[C@H]3CC[C@H]([C@H]4CC[C@H](CCCCCCCCCC)CC4)CC3)c3ccc(-c4ccc(F)c(F)c4)cc3)CC2)CC1. The zero-order chi connectivity index (χ0) is 52.2. The largest absolute Gasteiger partial charge is 0.365 e. The fourth-order valence-electron chi connectivity index (χ4n) is 15.0. The summed E-state index contributed by atoms with van der Waals surface area (Å²) in [5, 5.41) is 0. The van der Waals surface area contributed by atoms with Crippen molar-refractivity contribution in [2.75, 3.05) is 0 Å². The van der Waals surface area contributed by atoms with E-state index in [2.05, 4.69) is 62.4 Å². The summed E-state index contributed by atoms with van der Waals surface area (Å²) in [4.78, 5) is 0. The van der Waals surface area contributed by atoms with Crippen molar-refractivity contribution in [1.82, 2.24) is 0 Å². The van der Waals surface area contributed by atoms with Crippen molar-refractivity contribution in [2.24, 2.45) is 47.3 Å². The van der Waals surface area contributed by atoms with Crippen molar-refractivity contribution in [1.29, 1.82) is 0 Å². The van der Waals surface area contributed by atoms with Crippen molar-refractivity contribution in [2.45, 2.75) is 244 Å². The minimum atomic E-state index is -0.832. The summed E-state index contributed by atoms with van der Waals surface area (Å²) in [5.74, 6) is 2.52. The van der Waals surface area contributed by atoms with Gasteiger partial charge in [-0.3, -0.25) is 0 Å². The van der Waals surface area contributed by atoms with Gasteiger partial charge in [-0.15, -0.1) is 0 Å². The Morgan fingerprint density at radius 1 is 0.333 bits per heavy atom. The molecule has 0 saturated heterocycles. The van der Waals surface area contributed by atoms with Crippen molar-refractivity contribution in [3.8, 4) is 22.3 Å². The fraction of sp³-hybridized carbons (Fsp3) is 0.657. The quantitative estimate of drug-likeness (QED) is 0.0407. The molecule has 412 valence electrons. The third kappa shape index (κ3) is 17.3. The Balaban J connectivity index is 0.937. The van der Waals surface area contributed by atoms with Crippen molar-refractivity contribution < 1.29 is 22.3 Å². The van der Waals surface area contributed by atoms with Crippen LogP contribution in [-0.4, -0.2) is 0 Å². The number of rotatable bonds is 28. The normalized spacial score (nSPS) is 25.3. The van der Waals surface area contributed by atoms with E-state index in [0.29, 0.717) is 23.0 Å². The number of halogens is 4. The van der Waals surface area contributed by atoms with Gasteiger partial charge in [-0.25, -0.2) is 17.6 Å². The molecule has 0 aromatic heterocycles. The van der Waals surface area contributed by atoms with Crippen molar-refractivity contribution in [3.63, 3.8) is 0 Å². The number of ether oxygens (including phenoxy) is 1. The average molecular weight is 1030 g/mol. The highest BCUT2D eigenvalue weighted by molar-refractivity contribution is 5.64. The Hall–Kier alpha value is -3.44. The standard InChI is InChI=1S/C70H98F4O/c1-3-5-7-9-11-13-15-17-19-51-21-25-53(26-22-51)55-29-37-59(38-30-55)69(61-41-33-57(34-42-61)63-45-47-65(71)67(73)49-63)75-70(62-43-35-58(36-44-62)64-46-48-66(72)68(74)50-64)60-39-31-56(32-40-60)54-27-23-52(24-28-54)20-18-16-14-12-10-8-6-4-2/h33-36,41-56,59-60,69-70H,3-32,37-40H2,1-2H3/t51-,52-,53-,54-,55-,56-,59-,60-,69?,70?. The van der Waals surface area contributed by atoms with E-state index in [0.717, 1.165) is 83.4 Å². The van der Waals surface area contributed by atoms with E-state index in [1.165, 1.54) is 217 Å². The highest BCUT2D eigenvalue weighted by atomic mass is 19.2. The molecule has 4 aromatic carbocycles. The monoisotopic (exact) mass is 1030 g/mol. The zero-order valence-electron chi connectivity index (χ0n) is 46.8. The Bertz CT molecular complexity index is 2050. The fourth-order valence-corrected chi connectivity index (χ4v) is 15.0. The first kappa shape index (κ1) is 57.7. The molecule has 4 aliphatic rings. The molecule has 4 fully saturated rings. The van der Waals surface area contributed by atoms with E-state index >= 15 is 0 Å². The molecular formula is C70H98F4O. The van der Waals surface area contributed by atoms with Crippen LogP contribution in [0.25, 0.3) is 22.3 Å². The molecule has 8 rings (SSSR count). The molecule has 0 N–H and O–H groups in total. The smallest absolute Gasteiger partial charge is 0.159 e. The van der Waals surface area contributed by atoms with Crippen LogP contribution >= 0.6 is 0 Å². The maximum absolute atomic E-state index is 14.5. The van der Waals surface area contributed by atoms with E-state index in [4.69, 9.17) is 4.74 Å². The summed E-state index contributed by atoms with van der Waals surface area (Å²) in [5.41, 5.74) is 5.38. The maximum Gasteiger partial charge on any atom is 0.159 e. The molecule has 0 radical (unpaired) electrons. The van der Waals surface area contributed by atoms with E-state index < -0.39 is 23.3 Å². The first-order chi connectivity index (χ1) is 36.8. The van der Waals surface area contributed by atoms with Gasteiger partial charge < -0.3 is 4.74 Å². The molecule has 0 bridgehead atoms. The second-order valence-corrected chi connectivity index (χ2v) is 24.9. The van der Waals surface area contributed by atoms with Gasteiger partial charge in [0, 0.05) is 0 Å². The third-order valence-corrected chi connectivity index (χ3v) is 19.8. The second kappa shape index (κ2) is 30.6. The van der Waals surface area contributed by atoms with Crippen LogP contribution < -0.4 is 0 Å². The molecule has 4 aliphatic carbocycles. The minimum Gasteiger partial charge on any atom is -0.365 e. The van der Waals surface area contributed by atoms with Crippen LogP contribution in [0.4, 0.5) is 17.6 Å². The molecule has 1 nitrogen and oxygen atoms in total. The molecule has 0 spiro atoms. The highest BCUT2D eigenvalue weighted by Gasteiger charge is 2.39. The summed E-state index contributed by atoms with van der Waals surface area (Å²) >= 11 is 0. The lowest BCUT2D eigenvalue weighted by Crippen LogP contribution is -2.31. The maximum atomic E-state index is 14.5. The van der Waals surface area contributed by atoms with Gasteiger partial charge in [-0.2, -0.15) is 0 Å². The van der Waals surface area contributed by atoms with Crippen LogP contribution in [0.3, 0.4) is 0 Å². The summed E-state index contributed by atoms with van der Waals surface area (Å²) in [6.45, 7) is 4.60. The highest BCUT2D eigenvalue weighted by Crippen LogP contribution is 2.51. The van der Waals surface area contributed by atoms with Gasteiger partial charge >= 0.3 is 0 Å². The first-order valence-corrected chi connectivity index (χ1v) is 31.5. The molecular weight excluding hydrogens is 933 g/mol. The van der Waals surface area contributed by atoms with Crippen LogP contribution in [0, 0.1) is 70.6 Å². The van der Waals surface area contributed by atoms with Gasteiger partial charge in [0.25, 0.3) is 0 Å². The zero-order valence-corrected chi connectivity index (χ0v) is 46.8. The van der Waals surface area contributed by atoms with Gasteiger partial charge in [0.15, 0.2) is 23.3 Å². The van der Waals surface area contributed by atoms with Crippen LogP contribution in [0.5, 0.6) is 0 Å². The van der Waals surface area contributed by atoms with Crippen LogP contribution in [0.15, 0.2) is 84.9 Å². The topological polar surface area (TPSA) is 9.23 Å². The van der Waals surface area contributed by atoms with Crippen molar-refractivity contribution >= 4 is 0 Å². The second-order valence-electron chi connectivity index (χ2n) is 24.9. The minimum absolute atomic E-state index is 0.114. The molecule has 2 atom stereocenters. The molecule has 4 saturated carbocycles. The van der Waals surface area contributed by atoms with Gasteiger partial charge in [0.05, 0.1) is 12.2 Å². The van der Waals surface area contributed by atoms with Gasteiger partial charge in [-0.05, 0) is 182 Å². The van der Waals surface area contributed by atoms with Crippen LogP contribution in [0.2, 0.25) is 0 Å². The molecule has 0 amide bonds. The van der Waals surface area contributed by atoms with Gasteiger partial charge in [0.1, 0.15) is 0 Å². The lowest BCUT2D eigenvalue weighted by Gasteiger charge is -2.43. The Labute approximate surface area is 453 Å². The van der Waals surface area contributed by atoms with E-state index in [9.17, 15) is 17.6 Å². The molecule has 5 heteroatoms. The molecule has 0 aliphatic heterocycles. The number of hydrogen-bond acceptors (Lipinski definition) is 1. The predicted molar refractivity (Wildman–Crippen MR) is 306 cm³/mol. The summed E-state index contributed by atoms with van der Waals surface area (Å²) in [7, 11) is 0. The Kier molecular flexibility index (Phi) is 23.6. The van der Waals surface area contributed by atoms with Gasteiger partial charge in [-0.1, -0.05) is 216 Å². The Morgan fingerprint density at radius 3 is 0.947 bits per heavy atom. The molecule has 0 heterocycles. The van der Waals surface area contributed by atoms with E-state index in [-0.39, 0.29) is 12.2 Å². The lowest BCUT2D eigenvalue weighted by molar-refractivity contribution is -0.0934. The van der Waals surface area contributed by atoms with Crippen molar-refractivity contribution in [3.05, 3.63) is 119 Å². The molecule has 75 heavy (non-hydrogen) atoms.